The third-order valence-corrected chi connectivity index (χ3v) is 2.19. The van der Waals surface area contributed by atoms with Gasteiger partial charge in [0.1, 0.15) is 5.82 Å². The predicted molar refractivity (Wildman–Crippen MR) is 52.9 cm³/mol. The fourth-order valence-electron chi connectivity index (χ4n) is 1.37. The Hall–Kier alpha value is -1.03. The second-order valence-electron chi connectivity index (χ2n) is 3.73. The van der Waals surface area contributed by atoms with Gasteiger partial charge in [-0.25, -0.2) is 13.2 Å². The van der Waals surface area contributed by atoms with Crippen molar-refractivity contribution in [2.75, 3.05) is 0 Å². The van der Waals surface area contributed by atoms with Crippen LogP contribution >= 0.6 is 0 Å². The van der Waals surface area contributed by atoms with Gasteiger partial charge in [0.05, 0.1) is 0 Å². The van der Waals surface area contributed by atoms with E-state index in [1.54, 1.807) is 0 Å². The highest BCUT2D eigenvalue weighted by Gasteiger charge is 2.09. The minimum absolute atomic E-state index is 0.0401. The smallest absolute Gasteiger partial charge is 0.161 e. The molecular weight excluding hydrogens is 203 g/mol. The van der Waals surface area contributed by atoms with Crippen molar-refractivity contribution in [1.82, 2.24) is 0 Å². The molecule has 0 saturated heterocycles. The summed E-state index contributed by atoms with van der Waals surface area (Å²) >= 11 is 0. The molecule has 4 heteroatoms. The molecule has 1 nitrogen and oxygen atoms in total. The maximum Gasteiger partial charge on any atom is 0.161 e. The molecule has 0 radical (unpaired) electrons. The highest BCUT2D eigenvalue weighted by molar-refractivity contribution is 5.20. The molecule has 0 aromatic heterocycles. The fraction of sp³-hybridized carbons (Fsp3) is 0.455. The Bertz CT molecular complexity index is 337. The Morgan fingerprint density at radius 3 is 2.33 bits per heavy atom. The summed E-state index contributed by atoms with van der Waals surface area (Å²) in [6.45, 7) is 1.85. The first-order valence-corrected chi connectivity index (χ1v) is 4.89. The SMILES string of the molecule is CC(N)CCCc1cc(F)c(F)cc1F. The van der Waals surface area contributed by atoms with E-state index in [9.17, 15) is 13.2 Å². The number of halogens is 3. The molecule has 15 heavy (non-hydrogen) atoms. The van der Waals surface area contributed by atoms with Gasteiger partial charge in [-0.1, -0.05) is 0 Å². The lowest BCUT2D eigenvalue weighted by Gasteiger charge is -2.06. The van der Waals surface area contributed by atoms with E-state index < -0.39 is 17.5 Å². The minimum Gasteiger partial charge on any atom is -0.328 e. The van der Waals surface area contributed by atoms with E-state index in [2.05, 4.69) is 0 Å². The zero-order chi connectivity index (χ0) is 11.4. The number of benzene rings is 1. The molecule has 0 spiro atoms. The Morgan fingerprint density at radius 1 is 1.13 bits per heavy atom. The summed E-state index contributed by atoms with van der Waals surface area (Å²) < 4.78 is 38.5. The molecule has 1 unspecified atom stereocenters. The lowest BCUT2D eigenvalue weighted by atomic mass is 10.1. The van der Waals surface area contributed by atoms with Gasteiger partial charge in [-0.3, -0.25) is 0 Å². The first kappa shape index (κ1) is 12.0. The van der Waals surface area contributed by atoms with E-state index >= 15 is 0 Å². The van der Waals surface area contributed by atoms with Crippen molar-refractivity contribution in [3.8, 4) is 0 Å². The van der Waals surface area contributed by atoms with Crippen molar-refractivity contribution >= 4 is 0 Å². The van der Waals surface area contributed by atoms with E-state index in [1.165, 1.54) is 0 Å². The quantitative estimate of drug-likeness (QED) is 0.771. The molecule has 0 amide bonds. The molecule has 0 fully saturated rings. The maximum absolute atomic E-state index is 13.1. The van der Waals surface area contributed by atoms with Crippen LogP contribution in [0.3, 0.4) is 0 Å². The maximum atomic E-state index is 13.1. The van der Waals surface area contributed by atoms with Crippen LogP contribution in [0, 0.1) is 17.5 Å². The lowest BCUT2D eigenvalue weighted by Crippen LogP contribution is -2.14. The van der Waals surface area contributed by atoms with Gasteiger partial charge < -0.3 is 5.73 Å². The molecular formula is C11H14F3N. The summed E-state index contributed by atoms with van der Waals surface area (Å²) in [5, 5.41) is 0. The van der Waals surface area contributed by atoms with Gasteiger partial charge in [-0.05, 0) is 37.8 Å². The second-order valence-corrected chi connectivity index (χ2v) is 3.73. The van der Waals surface area contributed by atoms with Crippen molar-refractivity contribution in [3.63, 3.8) is 0 Å². The van der Waals surface area contributed by atoms with Gasteiger partial charge in [0, 0.05) is 12.1 Å². The number of aryl methyl sites for hydroxylation is 1. The second kappa shape index (κ2) is 5.16. The topological polar surface area (TPSA) is 26.0 Å². The van der Waals surface area contributed by atoms with Crippen molar-refractivity contribution in [1.29, 1.82) is 0 Å². The third-order valence-electron chi connectivity index (χ3n) is 2.19. The largest absolute Gasteiger partial charge is 0.328 e. The van der Waals surface area contributed by atoms with Crippen molar-refractivity contribution in [2.45, 2.75) is 32.2 Å². The fourth-order valence-corrected chi connectivity index (χ4v) is 1.37. The first-order chi connectivity index (χ1) is 7.00. The van der Waals surface area contributed by atoms with E-state index in [4.69, 9.17) is 5.73 Å². The number of hydrogen-bond donors (Lipinski definition) is 1. The Balaban J connectivity index is 2.65. The van der Waals surface area contributed by atoms with E-state index in [0.29, 0.717) is 18.9 Å². The molecule has 1 aromatic carbocycles. The van der Waals surface area contributed by atoms with Gasteiger partial charge in [-0.2, -0.15) is 0 Å². The molecule has 2 N–H and O–H groups in total. The van der Waals surface area contributed by atoms with Gasteiger partial charge >= 0.3 is 0 Å². The Morgan fingerprint density at radius 2 is 1.73 bits per heavy atom. The minimum atomic E-state index is -1.15. The summed E-state index contributed by atoms with van der Waals surface area (Å²) in [5.74, 6) is -2.85. The molecule has 1 aromatic rings. The summed E-state index contributed by atoms with van der Waals surface area (Å²) in [7, 11) is 0. The monoisotopic (exact) mass is 217 g/mol. The van der Waals surface area contributed by atoms with Crippen molar-refractivity contribution in [2.24, 2.45) is 5.73 Å². The molecule has 0 aliphatic heterocycles. The van der Waals surface area contributed by atoms with E-state index in [0.717, 1.165) is 12.5 Å². The highest BCUT2D eigenvalue weighted by Crippen LogP contribution is 2.16. The molecule has 0 heterocycles. The normalized spacial score (nSPS) is 12.9. The summed E-state index contributed by atoms with van der Waals surface area (Å²) in [4.78, 5) is 0. The van der Waals surface area contributed by atoms with Crippen LogP contribution in [-0.4, -0.2) is 6.04 Å². The molecule has 0 aliphatic carbocycles. The average Bonchev–Trinajstić information content (AvgIpc) is 2.13. The summed E-state index contributed by atoms with van der Waals surface area (Å²) in [6.07, 6.45) is 1.78. The van der Waals surface area contributed by atoms with Crippen molar-refractivity contribution < 1.29 is 13.2 Å². The van der Waals surface area contributed by atoms with Crippen LogP contribution < -0.4 is 5.73 Å². The third kappa shape index (κ3) is 3.55. The zero-order valence-corrected chi connectivity index (χ0v) is 8.56. The van der Waals surface area contributed by atoms with Gasteiger partial charge in [0.15, 0.2) is 11.6 Å². The molecule has 0 bridgehead atoms. The number of hydrogen-bond acceptors (Lipinski definition) is 1. The van der Waals surface area contributed by atoms with E-state index in [-0.39, 0.29) is 11.6 Å². The standard InChI is InChI=1S/C11H14F3N/c1-7(15)3-2-4-8-5-10(13)11(14)6-9(8)12/h5-7H,2-4,15H2,1H3. The van der Waals surface area contributed by atoms with Crippen LogP contribution in [-0.2, 0) is 6.42 Å². The van der Waals surface area contributed by atoms with E-state index in [1.807, 2.05) is 6.92 Å². The van der Waals surface area contributed by atoms with Crippen LogP contribution in [0.2, 0.25) is 0 Å². The number of rotatable bonds is 4. The summed E-state index contributed by atoms with van der Waals surface area (Å²) in [6, 6.07) is 1.53. The zero-order valence-electron chi connectivity index (χ0n) is 8.56. The molecule has 0 saturated carbocycles. The van der Waals surface area contributed by atoms with Gasteiger partial charge in [0.25, 0.3) is 0 Å². The van der Waals surface area contributed by atoms with Crippen LogP contribution in [0.15, 0.2) is 12.1 Å². The Kier molecular flexibility index (Phi) is 4.15. The number of nitrogens with two attached hydrogens (primary N) is 1. The molecule has 1 atom stereocenters. The highest BCUT2D eigenvalue weighted by atomic mass is 19.2. The first-order valence-electron chi connectivity index (χ1n) is 4.89. The van der Waals surface area contributed by atoms with Crippen molar-refractivity contribution in [3.05, 3.63) is 35.1 Å². The lowest BCUT2D eigenvalue weighted by molar-refractivity contribution is 0.488. The Labute approximate surface area is 87.1 Å². The molecule has 0 aliphatic rings. The van der Waals surface area contributed by atoms with Crippen LogP contribution in [0.5, 0.6) is 0 Å². The van der Waals surface area contributed by atoms with Crippen LogP contribution in [0.4, 0.5) is 13.2 Å². The van der Waals surface area contributed by atoms with Gasteiger partial charge in [-0.15, -0.1) is 0 Å². The average molecular weight is 217 g/mol. The predicted octanol–water partition coefficient (Wildman–Crippen LogP) is 2.77. The molecule has 84 valence electrons. The molecule has 1 rings (SSSR count). The summed E-state index contributed by atoms with van der Waals surface area (Å²) in [5.41, 5.74) is 5.72. The van der Waals surface area contributed by atoms with Crippen LogP contribution in [0.25, 0.3) is 0 Å². The van der Waals surface area contributed by atoms with Crippen LogP contribution in [0.1, 0.15) is 25.3 Å². The van der Waals surface area contributed by atoms with Gasteiger partial charge in [0.2, 0.25) is 0 Å².